The van der Waals surface area contributed by atoms with Crippen molar-refractivity contribution in [2.45, 2.75) is 23.0 Å². The third-order valence-electron chi connectivity index (χ3n) is 7.01. The van der Waals surface area contributed by atoms with Crippen molar-refractivity contribution in [2.75, 3.05) is 0 Å². The number of rotatable bonds is 5. The standard InChI is InChI=1S/C35H28N2S/c1-24(26-11-5-3-6-12-26)36-35(29-13-7-4-8-14-29)37-25(2)27-17-19-28(20-18-27)30-21-22-32-31-15-9-10-16-33(31)38-34(32)23-30/h3-23,31,33H,1H2,2H3. The number of nitrogens with zero attached hydrogens (tertiary/aromatic N) is 2. The fourth-order valence-electron chi connectivity index (χ4n) is 4.91. The molecule has 184 valence electrons. The van der Waals surface area contributed by atoms with Gasteiger partial charge in [-0.3, -0.25) is 0 Å². The van der Waals surface area contributed by atoms with Crippen LogP contribution in [0.4, 0.5) is 0 Å². The first kappa shape index (κ1) is 24.1. The summed E-state index contributed by atoms with van der Waals surface area (Å²) in [7, 11) is 0. The molecule has 1 aliphatic heterocycles. The Hall–Kier alpha value is -4.21. The van der Waals surface area contributed by atoms with Crippen LogP contribution in [0.3, 0.4) is 0 Å². The van der Waals surface area contributed by atoms with Gasteiger partial charge in [-0.15, -0.1) is 11.8 Å². The topological polar surface area (TPSA) is 24.7 Å². The SMILES string of the molecule is C=C(N=C(N=C(C)c1ccc(-c2ccc3c(c2)SC2C=CC=CC32)cc1)c1ccccc1)c1ccccc1. The van der Waals surface area contributed by atoms with Gasteiger partial charge in [-0.2, -0.15) is 0 Å². The van der Waals surface area contributed by atoms with Gasteiger partial charge in [0.05, 0.1) is 5.70 Å². The summed E-state index contributed by atoms with van der Waals surface area (Å²) in [6.45, 7) is 6.23. The fraction of sp³-hybridized carbons (Fsp3) is 0.0857. The maximum absolute atomic E-state index is 4.96. The van der Waals surface area contributed by atoms with Crippen molar-refractivity contribution in [2.24, 2.45) is 9.98 Å². The Bertz CT molecular complexity index is 1590. The van der Waals surface area contributed by atoms with E-state index in [0.29, 0.717) is 22.7 Å². The fourth-order valence-corrected chi connectivity index (χ4v) is 6.29. The Morgan fingerprint density at radius 3 is 2.08 bits per heavy atom. The van der Waals surface area contributed by atoms with Crippen LogP contribution in [0.2, 0.25) is 0 Å². The summed E-state index contributed by atoms with van der Waals surface area (Å²) in [6, 6.07) is 35.6. The van der Waals surface area contributed by atoms with Crippen molar-refractivity contribution < 1.29 is 0 Å². The molecule has 0 bridgehead atoms. The van der Waals surface area contributed by atoms with E-state index in [2.05, 4.69) is 73.3 Å². The highest BCUT2D eigenvalue weighted by Crippen LogP contribution is 2.49. The maximum Gasteiger partial charge on any atom is 0.160 e. The highest BCUT2D eigenvalue weighted by atomic mass is 32.2. The van der Waals surface area contributed by atoms with Crippen molar-refractivity contribution in [3.63, 3.8) is 0 Å². The molecule has 6 rings (SSSR count). The summed E-state index contributed by atoms with van der Waals surface area (Å²) in [4.78, 5) is 11.2. The molecular weight excluding hydrogens is 480 g/mol. The molecular formula is C35H28N2S. The van der Waals surface area contributed by atoms with Crippen LogP contribution in [-0.4, -0.2) is 16.8 Å². The van der Waals surface area contributed by atoms with Crippen molar-refractivity contribution >= 4 is 29.0 Å². The number of thioether (sulfide) groups is 1. The molecule has 0 saturated carbocycles. The van der Waals surface area contributed by atoms with Gasteiger partial charge in [0.1, 0.15) is 0 Å². The summed E-state index contributed by atoms with van der Waals surface area (Å²) in [5.41, 5.74) is 8.51. The van der Waals surface area contributed by atoms with E-state index in [1.165, 1.54) is 21.6 Å². The lowest BCUT2D eigenvalue weighted by Gasteiger charge is -2.14. The van der Waals surface area contributed by atoms with Crippen LogP contribution in [0.25, 0.3) is 16.8 Å². The predicted octanol–water partition coefficient (Wildman–Crippen LogP) is 8.96. The first-order chi connectivity index (χ1) is 18.7. The second-order valence-electron chi connectivity index (χ2n) is 9.52. The number of allylic oxidation sites excluding steroid dienone is 3. The molecule has 2 atom stereocenters. The van der Waals surface area contributed by atoms with Crippen molar-refractivity contribution in [1.29, 1.82) is 0 Å². The Labute approximate surface area is 228 Å². The van der Waals surface area contributed by atoms with E-state index < -0.39 is 0 Å². The van der Waals surface area contributed by atoms with Gasteiger partial charge >= 0.3 is 0 Å². The number of hydrogen-bond acceptors (Lipinski definition) is 2. The lowest BCUT2D eigenvalue weighted by molar-refractivity contribution is 0.881. The normalized spacial score (nSPS) is 18.2. The predicted molar refractivity (Wildman–Crippen MR) is 163 cm³/mol. The first-order valence-electron chi connectivity index (χ1n) is 12.9. The number of aliphatic imine (C=N–C) groups is 2. The van der Waals surface area contributed by atoms with Crippen LogP contribution in [0.1, 0.15) is 35.1 Å². The van der Waals surface area contributed by atoms with Gasteiger partial charge in [0.2, 0.25) is 0 Å². The van der Waals surface area contributed by atoms with Gasteiger partial charge in [-0.1, -0.05) is 128 Å². The molecule has 0 N–H and O–H groups in total. The monoisotopic (exact) mass is 508 g/mol. The van der Waals surface area contributed by atoms with E-state index in [1.807, 2.05) is 79.3 Å². The quantitative estimate of drug-likeness (QED) is 0.195. The van der Waals surface area contributed by atoms with Gasteiger partial charge < -0.3 is 0 Å². The smallest absolute Gasteiger partial charge is 0.160 e. The molecule has 4 aromatic carbocycles. The van der Waals surface area contributed by atoms with E-state index in [0.717, 1.165) is 22.4 Å². The zero-order chi connectivity index (χ0) is 25.9. The second-order valence-corrected chi connectivity index (χ2v) is 10.7. The second kappa shape index (κ2) is 10.6. The van der Waals surface area contributed by atoms with Crippen molar-refractivity contribution in [3.05, 3.63) is 156 Å². The highest BCUT2D eigenvalue weighted by molar-refractivity contribution is 8.00. The molecule has 38 heavy (non-hydrogen) atoms. The first-order valence-corrected chi connectivity index (χ1v) is 13.7. The zero-order valence-corrected chi connectivity index (χ0v) is 22.1. The molecule has 2 unspecified atom stereocenters. The maximum atomic E-state index is 4.96. The van der Waals surface area contributed by atoms with E-state index in [4.69, 9.17) is 9.98 Å². The molecule has 0 radical (unpaired) electrons. The van der Waals surface area contributed by atoms with Crippen LogP contribution < -0.4 is 0 Å². The third-order valence-corrected chi connectivity index (χ3v) is 8.34. The number of hydrogen-bond donors (Lipinski definition) is 0. The summed E-state index contributed by atoms with van der Waals surface area (Å²) >= 11 is 1.97. The van der Waals surface area contributed by atoms with E-state index >= 15 is 0 Å². The van der Waals surface area contributed by atoms with Gasteiger partial charge in [-0.25, -0.2) is 9.98 Å². The van der Waals surface area contributed by atoms with Gasteiger partial charge in [-0.05, 0) is 40.8 Å². The molecule has 0 spiro atoms. The van der Waals surface area contributed by atoms with Gasteiger partial charge in [0.25, 0.3) is 0 Å². The Balaban J connectivity index is 1.27. The summed E-state index contributed by atoms with van der Waals surface area (Å²) in [5.74, 6) is 1.15. The van der Waals surface area contributed by atoms with E-state index in [-0.39, 0.29) is 0 Å². The van der Waals surface area contributed by atoms with Crippen LogP contribution >= 0.6 is 11.8 Å². The zero-order valence-electron chi connectivity index (χ0n) is 21.3. The minimum Gasteiger partial charge on any atom is -0.233 e. The molecule has 3 heteroatoms. The minimum absolute atomic E-state index is 0.494. The molecule has 2 nitrogen and oxygen atoms in total. The molecule has 0 aromatic heterocycles. The summed E-state index contributed by atoms with van der Waals surface area (Å²) in [6.07, 6.45) is 8.96. The highest BCUT2D eigenvalue weighted by Gasteiger charge is 2.30. The molecule has 1 aliphatic carbocycles. The lowest BCUT2D eigenvalue weighted by atomic mass is 9.91. The molecule has 0 amide bonds. The van der Waals surface area contributed by atoms with Crippen molar-refractivity contribution in [1.82, 2.24) is 0 Å². The van der Waals surface area contributed by atoms with Gasteiger partial charge in [0.15, 0.2) is 5.84 Å². The van der Waals surface area contributed by atoms with Crippen LogP contribution in [-0.2, 0) is 0 Å². The van der Waals surface area contributed by atoms with Crippen LogP contribution in [0, 0.1) is 0 Å². The Morgan fingerprint density at radius 1 is 0.684 bits per heavy atom. The molecule has 4 aromatic rings. The Morgan fingerprint density at radius 2 is 1.34 bits per heavy atom. The number of amidine groups is 1. The van der Waals surface area contributed by atoms with E-state index in [9.17, 15) is 0 Å². The Kier molecular flexibility index (Phi) is 6.76. The lowest BCUT2D eigenvalue weighted by Crippen LogP contribution is -2.06. The van der Waals surface area contributed by atoms with E-state index in [1.54, 1.807) is 0 Å². The van der Waals surface area contributed by atoms with Crippen LogP contribution in [0.5, 0.6) is 0 Å². The molecule has 2 aliphatic rings. The van der Waals surface area contributed by atoms with Gasteiger partial charge in [0, 0.05) is 27.3 Å². The molecule has 1 heterocycles. The van der Waals surface area contributed by atoms with Crippen LogP contribution in [0.15, 0.2) is 149 Å². The minimum atomic E-state index is 0.494. The average molecular weight is 509 g/mol. The largest absolute Gasteiger partial charge is 0.233 e. The summed E-state index contributed by atoms with van der Waals surface area (Å²) < 4.78 is 0. The molecule has 0 saturated heterocycles. The number of fused-ring (bicyclic) bond motifs is 3. The number of benzene rings is 4. The third kappa shape index (κ3) is 4.98. The average Bonchev–Trinajstić information content (AvgIpc) is 3.35. The molecule has 0 fully saturated rings. The summed E-state index contributed by atoms with van der Waals surface area (Å²) in [5, 5.41) is 0.518. The van der Waals surface area contributed by atoms with Crippen molar-refractivity contribution in [3.8, 4) is 11.1 Å².